The molecule has 0 aromatic heterocycles. The Balaban J connectivity index is 2.08. The molecule has 2 amide bonds. The molecule has 190 valence electrons. The molecule has 3 aromatic rings. The molecule has 0 aliphatic carbocycles. The molecule has 0 unspecified atom stereocenters. The molecule has 9 heteroatoms. The first-order chi connectivity index (χ1) is 17.1. The number of anilines is 1. The fourth-order valence-electron chi connectivity index (χ4n) is 3.86. The van der Waals surface area contributed by atoms with Crippen LogP contribution in [-0.2, 0) is 26.2 Å². The van der Waals surface area contributed by atoms with Crippen LogP contribution in [0.3, 0.4) is 0 Å². The van der Waals surface area contributed by atoms with E-state index in [9.17, 15) is 18.0 Å². The summed E-state index contributed by atoms with van der Waals surface area (Å²) in [5.41, 5.74) is 2.64. The monoisotopic (exact) mass is 527 g/mol. The highest BCUT2D eigenvalue weighted by atomic mass is 35.5. The molecule has 0 bridgehead atoms. The minimum Gasteiger partial charge on any atom is -0.357 e. The van der Waals surface area contributed by atoms with Crippen molar-refractivity contribution in [1.29, 1.82) is 0 Å². The molecule has 0 aliphatic rings. The summed E-state index contributed by atoms with van der Waals surface area (Å²) in [6, 6.07) is 19.5. The fraction of sp³-hybridized carbons (Fsp3) is 0.259. The molecular formula is C27H30ClN3O4S. The standard InChI is InChI=1S/C27H30ClN3O4S/c1-19-11-8-9-12-22(19)17-30(21(3)27(33)29-4)26(32)18-31(25-16-10-15-24(28)20(25)2)36(34,35)23-13-6-5-7-14-23/h5-16,21H,17-18H2,1-4H3,(H,29,33)/t21-/m0/s1. The van der Waals surface area contributed by atoms with Crippen molar-refractivity contribution in [3.05, 3.63) is 94.5 Å². The first-order valence-corrected chi connectivity index (χ1v) is 13.3. The van der Waals surface area contributed by atoms with E-state index in [1.54, 1.807) is 50.2 Å². The zero-order valence-corrected chi connectivity index (χ0v) is 22.3. The molecule has 0 radical (unpaired) electrons. The molecule has 0 heterocycles. The van der Waals surface area contributed by atoms with Crippen molar-refractivity contribution in [1.82, 2.24) is 10.2 Å². The largest absolute Gasteiger partial charge is 0.357 e. The summed E-state index contributed by atoms with van der Waals surface area (Å²) in [5, 5.41) is 2.95. The van der Waals surface area contributed by atoms with Crippen LogP contribution in [0.2, 0.25) is 5.02 Å². The maximum Gasteiger partial charge on any atom is 0.264 e. The number of halogens is 1. The Morgan fingerprint density at radius 1 is 0.944 bits per heavy atom. The van der Waals surface area contributed by atoms with Crippen LogP contribution in [0.4, 0.5) is 5.69 Å². The van der Waals surface area contributed by atoms with E-state index in [1.165, 1.54) is 24.1 Å². The van der Waals surface area contributed by atoms with Crippen molar-refractivity contribution >= 4 is 39.1 Å². The molecule has 3 rings (SSSR count). The number of hydrogen-bond acceptors (Lipinski definition) is 4. The molecule has 0 saturated carbocycles. The average molecular weight is 528 g/mol. The normalized spacial score (nSPS) is 12.0. The van der Waals surface area contributed by atoms with Gasteiger partial charge < -0.3 is 10.2 Å². The Morgan fingerprint density at radius 3 is 2.22 bits per heavy atom. The second kappa shape index (κ2) is 11.6. The van der Waals surface area contributed by atoms with E-state index in [0.29, 0.717) is 16.3 Å². The lowest BCUT2D eigenvalue weighted by Crippen LogP contribution is -2.50. The van der Waals surface area contributed by atoms with Crippen LogP contribution < -0.4 is 9.62 Å². The summed E-state index contributed by atoms with van der Waals surface area (Å²) in [5.74, 6) is -0.874. The van der Waals surface area contributed by atoms with Gasteiger partial charge in [-0.2, -0.15) is 0 Å². The molecule has 0 spiro atoms. The zero-order valence-electron chi connectivity index (χ0n) is 20.7. The van der Waals surface area contributed by atoms with Crippen molar-refractivity contribution in [3.8, 4) is 0 Å². The topological polar surface area (TPSA) is 86.8 Å². The van der Waals surface area contributed by atoms with E-state index in [1.807, 2.05) is 31.2 Å². The van der Waals surface area contributed by atoms with Crippen LogP contribution in [0.25, 0.3) is 0 Å². The number of amides is 2. The lowest BCUT2D eigenvalue weighted by atomic mass is 10.1. The average Bonchev–Trinajstić information content (AvgIpc) is 2.88. The van der Waals surface area contributed by atoms with E-state index in [2.05, 4.69) is 5.32 Å². The van der Waals surface area contributed by atoms with Gasteiger partial charge in [0.05, 0.1) is 10.6 Å². The van der Waals surface area contributed by atoms with Gasteiger partial charge in [0.2, 0.25) is 11.8 Å². The number of sulfonamides is 1. The molecular weight excluding hydrogens is 498 g/mol. The van der Waals surface area contributed by atoms with Crippen LogP contribution in [0.1, 0.15) is 23.6 Å². The summed E-state index contributed by atoms with van der Waals surface area (Å²) in [6.45, 7) is 4.88. The van der Waals surface area contributed by atoms with Crippen LogP contribution in [-0.4, -0.2) is 44.8 Å². The Bertz CT molecular complexity index is 1350. The van der Waals surface area contributed by atoms with Crippen LogP contribution >= 0.6 is 11.6 Å². The third kappa shape index (κ3) is 5.88. The van der Waals surface area contributed by atoms with Gasteiger partial charge in [-0.25, -0.2) is 8.42 Å². The van der Waals surface area contributed by atoms with Gasteiger partial charge in [-0.1, -0.05) is 60.1 Å². The fourth-order valence-corrected chi connectivity index (χ4v) is 5.52. The minimum absolute atomic E-state index is 0.0435. The predicted octanol–water partition coefficient (Wildman–Crippen LogP) is 4.32. The number of hydrogen-bond donors (Lipinski definition) is 1. The van der Waals surface area contributed by atoms with Crippen molar-refractivity contribution < 1.29 is 18.0 Å². The number of nitrogens with one attached hydrogen (secondary N) is 1. The summed E-state index contributed by atoms with van der Waals surface area (Å²) in [4.78, 5) is 27.8. The molecule has 0 saturated heterocycles. The van der Waals surface area contributed by atoms with Crippen LogP contribution in [0, 0.1) is 13.8 Å². The smallest absolute Gasteiger partial charge is 0.264 e. The van der Waals surface area contributed by atoms with Gasteiger partial charge in [0, 0.05) is 18.6 Å². The Labute approximate surface area is 217 Å². The number of likely N-dealkylation sites (N-methyl/N-ethyl adjacent to an activating group) is 1. The third-order valence-corrected chi connectivity index (χ3v) is 8.32. The number of benzene rings is 3. The second-order valence-electron chi connectivity index (χ2n) is 8.45. The van der Waals surface area contributed by atoms with E-state index in [-0.39, 0.29) is 17.3 Å². The van der Waals surface area contributed by atoms with E-state index in [4.69, 9.17) is 11.6 Å². The summed E-state index contributed by atoms with van der Waals surface area (Å²) in [6.07, 6.45) is 0. The molecule has 0 fully saturated rings. The maximum absolute atomic E-state index is 13.8. The molecule has 7 nitrogen and oxygen atoms in total. The van der Waals surface area contributed by atoms with Crippen molar-refractivity contribution in [3.63, 3.8) is 0 Å². The lowest BCUT2D eigenvalue weighted by Gasteiger charge is -2.32. The van der Waals surface area contributed by atoms with Crippen molar-refractivity contribution in [2.24, 2.45) is 0 Å². The Hall–Kier alpha value is -3.36. The van der Waals surface area contributed by atoms with Crippen molar-refractivity contribution in [2.45, 2.75) is 38.3 Å². The van der Waals surface area contributed by atoms with Crippen molar-refractivity contribution in [2.75, 3.05) is 17.9 Å². The SMILES string of the molecule is CNC(=O)[C@H](C)N(Cc1ccccc1C)C(=O)CN(c1cccc(Cl)c1C)S(=O)(=O)c1ccccc1. The van der Waals surface area contributed by atoms with Crippen LogP contribution in [0.5, 0.6) is 0 Å². The van der Waals surface area contributed by atoms with E-state index in [0.717, 1.165) is 15.4 Å². The first kappa shape index (κ1) is 27.2. The van der Waals surface area contributed by atoms with Gasteiger partial charge in [-0.15, -0.1) is 0 Å². The highest BCUT2D eigenvalue weighted by Gasteiger charge is 2.33. The number of aryl methyl sites for hydroxylation is 1. The lowest BCUT2D eigenvalue weighted by molar-refractivity contribution is -0.139. The third-order valence-electron chi connectivity index (χ3n) is 6.13. The number of rotatable bonds is 9. The van der Waals surface area contributed by atoms with Gasteiger partial charge in [0.1, 0.15) is 12.6 Å². The van der Waals surface area contributed by atoms with Gasteiger partial charge in [0.25, 0.3) is 10.0 Å². The van der Waals surface area contributed by atoms with E-state index >= 15 is 0 Å². The van der Waals surface area contributed by atoms with Gasteiger partial charge in [0.15, 0.2) is 0 Å². The molecule has 0 aliphatic heterocycles. The molecule has 1 N–H and O–H groups in total. The predicted molar refractivity (Wildman–Crippen MR) is 142 cm³/mol. The summed E-state index contributed by atoms with van der Waals surface area (Å²) >= 11 is 6.32. The zero-order chi connectivity index (χ0) is 26.5. The number of carbonyl (C=O) groups is 2. The molecule has 3 aromatic carbocycles. The Morgan fingerprint density at radius 2 is 1.58 bits per heavy atom. The van der Waals surface area contributed by atoms with Crippen LogP contribution in [0.15, 0.2) is 77.7 Å². The number of nitrogens with zero attached hydrogens (tertiary/aromatic N) is 2. The van der Waals surface area contributed by atoms with Gasteiger partial charge in [-0.05, 0) is 61.7 Å². The minimum atomic E-state index is -4.13. The highest BCUT2D eigenvalue weighted by molar-refractivity contribution is 7.92. The highest BCUT2D eigenvalue weighted by Crippen LogP contribution is 2.31. The van der Waals surface area contributed by atoms with Gasteiger partial charge >= 0.3 is 0 Å². The number of carbonyl (C=O) groups excluding carboxylic acids is 2. The first-order valence-electron chi connectivity index (χ1n) is 11.5. The second-order valence-corrected chi connectivity index (χ2v) is 10.7. The molecule has 36 heavy (non-hydrogen) atoms. The van der Waals surface area contributed by atoms with E-state index < -0.39 is 28.5 Å². The molecule has 1 atom stereocenters. The maximum atomic E-state index is 13.8. The van der Waals surface area contributed by atoms with Gasteiger partial charge in [-0.3, -0.25) is 13.9 Å². The summed E-state index contributed by atoms with van der Waals surface area (Å²) < 4.78 is 28.6. The quantitative estimate of drug-likeness (QED) is 0.449. The Kier molecular flexibility index (Phi) is 8.76. The summed E-state index contributed by atoms with van der Waals surface area (Å²) in [7, 11) is -2.63.